The Bertz CT molecular complexity index is 2450. The normalized spacial score (nSPS) is 11.7. The fourth-order valence-electron chi connectivity index (χ4n) is 6.04. The minimum absolute atomic E-state index is 0.235. The van der Waals surface area contributed by atoms with Crippen molar-refractivity contribution in [2.24, 2.45) is 0 Å². The molecule has 9 aromatic rings. The molecule has 9 rings (SSSR count). The van der Waals surface area contributed by atoms with Gasteiger partial charge in [0.15, 0.2) is 0 Å². The van der Waals surface area contributed by atoms with Crippen molar-refractivity contribution < 1.29 is 0 Å². The van der Waals surface area contributed by atoms with Crippen LogP contribution in [-0.4, -0.2) is 29.0 Å². The van der Waals surface area contributed by atoms with Gasteiger partial charge < -0.3 is 0 Å². The van der Waals surface area contributed by atoms with Crippen LogP contribution in [0.5, 0.6) is 0 Å². The summed E-state index contributed by atoms with van der Waals surface area (Å²) in [7, 11) is 0. The van der Waals surface area contributed by atoms with Crippen LogP contribution in [0.15, 0.2) is 140 Å². The van der Waals surface area contributed by atoms with Gasteiger partial charge in [-0.25, -0.2) is 0 Å². The molecular weight excluding hydrogens is 609 g/mol. The van der Waals surface area contributed by atoms with E-state index in [1.54, 1.807) is 0 Å². The van der Waals surface area contributed by atoms with E-state index >= 15 is 0 Å². The minimum atomic E-state index is 0.235. The number of benzene rings is 5. The van der Waals surface area contributed by atoms with Gasteiger partial charge in [-0.15, -0.1) is 0 Å². The molecule has 5 heteroatoms. The Kier molecular flexibility index (Phi) is 5.70. The van der Waals surface area contributed by atoms with Crippen LogP contribution in [0.1, 0.15) is 0 Å². The molecule has 43 heavy (non-hydrogen) atoms. The zero-order valence-corrected chi connectivity index (χ0v) is 25.5. The number of nitrogens with zero attached hydrogens (tertiary/aromatic N) is 3. The fourth-order valence-corrected chi connectivity index (χ4v) is 10.5. The summed E-state index contributed by atoms with van der Waals surface area (Å²) >= 11 is 2.16. The molecule has 0 atom stereocenters. The van der Waals surface area contributed by atoms with E-state index in [0.29, 0.717) is 0 Å². The average Bonchev–Trinajstić information content (AvgIpc) is 3.73. The summed E-state index contributed by atoms with van der Waals surface area (Å²) < 4.78 is 8.06. The summed E-state index contributed by atoms with van der Waals surface area (Å²) in [5, 5.41) is 2.66. The van der Waals surface area contributed by atoms with Gasteiger partial charge in [0.05, 0.1) is 0 Å². The Morgan fingerprint density at radius 2 is 1.21 bits per heavy atom. The summed E-state index contributed by atoms with van der Waals surface area (Å²) in [6.07, 6.45) is 0. The Hall–Kier alpha value is -4.80. The predicted octanol–water partition coefficient (Wildman–Crippen LogP) is 10.00. The standard InChI is InChI=1S/C38H23N3SSe/c1-3-12-24(13-4-1)26-16-11-17-27(22-26)30-23-33(40-38(39-30)25-14-5-2-6-15-25)41-31-20-9-7-18-28(31)35-34(41)37-36(42-35)29-19-8-10-21-32(29)43-37/h1-23H. The van der Waals surface area contributed by atoms with Gasteiger partial charge in [0.25, 0.3) is 0 Å². The molecule has 0 bridgehead atoms. The fraction of sp³-hybridized carbons (Fsp3) is 0. The predicted molar refractivity (Wildman–Crippen MR) is 183 cm³/mol. The molecule has 0 saturated heterocycles. The molecule has 0 saturated carbocycles. The summed E-state index contributed by atoms with van der Waals surface area (Å²) in [4.78, 5) is 10.4. The summed E-state index contributed by atoms with van der Waals surface area (Å²) in [6, 6.07) is 49.3. The number of hydrogen-bond donors (Lipinski definition) is 0. The zero-order valence-electron chi connectivity index (χ0n) is 22.9. The number of hydrogen-bond acceptors (Lipinski definition) is 3. The second kappa shape index (κ2) is 9.89. The first kappa shape index (κ1) is 24.8. The van der Waals surface area contributed by atoms with Crippen LogP contribution in [0.2, 0.25) is 0 Å². The quantitative estimate of drug-likeness (QED) is 0.181. The molecule has 0 fully saturated rings. The maximum atomic E-state index is 5.27. The van der Waals surface area contributed by atoms with Gasteiger partial charge in [0.2, 0.25) is 0 Å². The van der Waals surface area contributed by atoms with Gasteiger partial charge in [-0.05, 0) is 0 Å². The molecule has 3 nitrogen and oxygen atoms in total. The number of aromatic nitrogens is 3. The van der Waals surface area contributed by atoms with Crippen molar-refractivity contribution in [3.05, 3.63) is 140 Å². The van der Waals surface area contributed by atoms with Gasteiger partial charge in [0.1, 0.15) is 0 Å². The van der Waals surface area contributed by atoms with Gasteiger partial charge >= 0.3 is 253 Å². The van der Waals surface area contributed by atoms with Crippen LogP contribution in [-0.2, 0) is 0 Å². The first-order valence-corrected chi connectivity index (χ1v) is 16.8. The Morgan fingerprint density at radius 3 is 2.05 bits per heavy atom. The van der Waals surface area contributed by atoms with E-state index in [4.69, 9.17) is 9.97 Å². The molecule has 0 N–H and O–H groups in total. The van der Waals surface area contributed by atoms with Crippen molar-refractivity contribution in [3.63, 3.8) is 0 Å². The van der Waals surface area contributed by atoms with Crippen LogP contribution in [0.25, 0.3) is 79.3 Å². The van der Waals surface area contributed by atoms with E-state index in [-0.39, 0.29) is 14.5 Å². The third-order valence-electron chi connectivity index (χ3n) is 8.04. The molecule has 202 valence electrons. The van der Waals surface area contributed by atoms with Crippen molar-refractivity contribution in [2.75, 3.05) is 0 Å². The van der Waals surface area contributed by atoms with Crippen molar-refractivity contribution in [3.8, 4) is 39.6 Å². The Morgan fingerprint density at radius 1 is 0.535 bits per heavy atom. The molecule has 0 spiro atoms. The molecule has 0 aliphatic heterocycles. The first-order chi connectivity index (χ1) is 21.3. The molecular formula is C38H23N3SSe. The SMILES string of the molecule is c1ccc(-c2cccc(-c3cc(-n4c5ccccc5c5sc6c7ccccc7[se]c6c54)nc(-c4ccccc4)n3)c2)cc1. The molecule has 0 aliphatic rings. The Balaban J connectivity index is 1.35. The second-order valence-corrected chi connectivity index (χ2v) is 13.9. The van der Waals surface area contributed by atoms with E-state index in [2.05, 4.69) is 138 Å². The third-order valence-corrected chi connectivity index (χ3v) is 12.0. The van der Waals surface area contributed by atoms with E-state index in [1.165, 1.54) is 50.9 Å². The number of para-hydroxylation sites is 1. The van der Waals surface area contributed by atoms with Gasteiger partial charge in [0, 0.05) is 0 Å². The van der Waals surface area contributed by atoms with Crippen LogP contribution < -0.4 is 0 Å². The summed E-state index contributed by atoms with van der Waals surface area (Å²) in [6.45, 7) is 0. The van der Waals surface area contributed by atoms with Crippen molar-refractivity contribution in [1.82, 2.24) is 14.5 Å². The van der Waals surface area contributed by atoms with Gasteiger partial charge in [-0.3, -0.25) is 0 Å². The summed E-state index contributed by atoms with van der Waals surface area (Å²) in [5.74, 6) is 1.62. The molecule has 0 radical (unpaired) electrons. The van der Waals surface area contributed by atoms with Crippen LogP contribution in [0, 0.1) is 0 Å². The van der Waals surface area contributed by atoms with Crippen molar-refractivity contribution in [2.45, 2.75) is 0 Å². The van der Waals surface area contributed by atoms with Gasteiger partial charge in [-0.1, -0.05) is 6.07 Å². The van der Waals surface area contributed by atoms with Crippen LogP contribution in [0.3, 0.4) is 0 Å². The molecule has 0 unspecified atom stereocenters. The number of rotatable bonds is 4. The number of thiophene rings is 1. The number of fused-ring (bicyclic) bond motifs is 7. The molecule has 0 amide bonds. The molecule has 4 heterocycles. The summed E-state index contributed by atoms with van der Waals surface area (Å²) in [5.41, 5.74) is 7.82. The van der Waals surface area contributed by atoms with E-state index in [9.17, 15) is 0 Å². The average molecular weight is 633 g/mol. The molecule has 5 aromatic carbocycles. The monoisotopic (exact) mass is 633 g/mol. The Labute approximate surface area is 258 Å². The zero-order chi connectivity index (χ0) is 28.3. The third kappa shape index (κ3) is 4.01. The van der Waals surface area contributed by atoms with Gasteiger partial charge in [-0.2, -0.15) is 0 Å². The molecule has 4 aromatic heterocycles. The maximum absolute atomic E-state index is 5.27. The van der Waals surface area contributed by atoms with Crippen molar-refractivity contribution >= 4 is 65.6 Å². The topological polar surface area (TPSA) is 30.7 Å². The van der Waals surface area contributed by atoms with E-state index < -0.39 is 0 Å². The van der Waals surface area contributed by atoms with Crippen LogP contribution in [0.4, 0.5) is 0 Å². The molecule has 0 aliphatic carbocycles. The van der Waals surface area contributed by atoms with Crippen LogP contribution >= 0.6 is 11.3 Å². The first-order valence-electron chi connectivity index (χ1n) is 14.3. The van der Waals surface area contributed by atoms with E-state index in [1.807, 2.05) is 17.4 Å². The second-order valence-electron chi connectivity index (χ2n) is 10.6. The van der Waals surface area contributed by atoms with E-state index in [0.717, 1.165) is 28.5 Å². The van der Waals surface area contributed by atoms with Crippen molar-refractivity contribution in [1.29, 1.82) is 0 Å².